The Hall–Kier alpha value is -1.76. The predicted octanol–water partition coefficient (Wildman–Crippen LogP) is 3.27. The van der Waals surface area contributed by atoms with E-state index in [9.17, 15) is 9.18 Å². The number of hydrogen-bond acceptors (Lipinski definition) is 3. The van der Waals surface area contributed by atoms with Gasteiger partial charge in [-0.25, -0.2) is 9.07 Å². The van der Waals surface area contributed by atoms with Crippen molar-refractivity contribution in [2.75, 3.05) is 0 Å². The van der Waals surface area contributed by atoms with Crippen LogP contribution in [0.25, 0.3) is 5.69 Å². The lowest BCUT2D eigenvalue weighted by Gasteiger charge is -2.06. The maximum absolute atomic E-state index is 13.4. The van der Waals surface area contributed by atoms with Crippen molar-refractivity contribution in [3.05, 3.63) is 39.9 Å². The van der Waals surface area contributed by atoms with E-state index >= 15 is 0 Å². The van der Waals surface area contributed by atoms with E-state index in [1.54, 1.807) is 23.9 Å². The zero-order chi connectivity index (χ0) is 15.4. The molecule has 0 saturated carbocycles. The van der Waals surface area contributed by atoms with Gasteiger partial charge in [-0.1, -0.05) is 5.21 Å². The highest BCUT2D eigenvalue weighted by molar-refractivity contribution is 9.10. The molecule has 0 aliphatic carbocycles. The molecule has 0 amide bonds. The maximum atomic E-state index is 13.4. The predicted molar refractivity (Wildman–Crippen MR) is 78.9 cm³/mol. The third kappa shape index (κ3) is 4.10. The van der Waals surface area contributed by atoms with Gasteiger partial charge in [-0.15, -0.1) is 5.10 Å². The first-order valence-electron chi connectivity index (χ1n) is 6.56. The average molecular weight is 356 g/mol. The van der Waals surface area contributed by atoms with E-state index < -0.39 is 5.97 Å². The lowest BCUT2D eigenvalue weighted by molar-refractivity contribution is -0.137. The topological polar surface area (TPSA) is 68.0 Å². The van der Waals surface area contributed by atoms with Crippen LogP contribution in [0.15, 0.2) is 22.8 Å². The second-order valence-electron chi connectivity index (χ2n) is 4.81. The highest BCUT2D eigenvalue weighted by Crippen LogP contribution is 2.23. The van der Waals surface area contributed by atoms with Crippen LogP contribution in [0.3, 0.4) is 0 Å². The molecule has 1 aromatic carbocycles. The van der Waals surface area contributed by atoms with Crippen LogP contribution < -0.4 is 0 Å². The van der Waals surface area contributed by atoms with Crippen LogP contribution in [-0.2, 0) is 11.2 Å². The molecule has 112 valence electrons. The van der Waals surface area contributed by atoms with Crippen molar-refractivity contribution < 1.29 is 14.3 Å². The molecule has 0 unspecified atom stereocenters. The molecule has 0 spiro atoms. The second-order valence-corrected chi connectivity index (χ2v) is 5.66. The van der Waals surface area contributed by atoms with Gasteiger partial charge in [-0.3, -0.25) is 4.79 Å². The van der Waals surface area contributed by atoms with Crippen LogP contribution in [0.2, 0.25) is 0 Å². The van der Waals surface area contributed by atoms with Crippen molar-refractivity contribution >= 4 is 21.9 Å². The highest BCUT2D eigenvalue weighted by Gasteiger charge is 2.09. The number of hydrogen-bond donors (Lipinski definition) is 1. The average Bonchev–Trinajstić information content (AvgIpc) is 2.87. The Kier molecular flexibility index (Phi) is 5.06. The SMILES string of the molecule is Cc1cc(F)c(Br)cc1-n1cc(CCCCC(=O)O)nn1. The molecule has 0 aliphatic heterocycles. The third-order valence-corrected chi connectivity index (χ3v) is 3.71. The van der Waals surface area contributed by atoms with Crippen LogP contribution in [0.5, 0.6) is 0 Å². The fourth-order valence-electron chi connectivity index (χ4n) is 2.00. The van der Waals surface area contributed by atoms with Crippen molar-refractivity contribution in [2.45, 2.75) is 32.6 Å². The minimum absolute atomic E-state index is 0.165. The number of nitrogens with zero attached hydrogens (tertiary/aromatic N) is 3. The van der Waals surface area contributed by atoms with Gasteiger partial charge in [0.25, 0.3) is 0 Å². The lowest BCUT2D eigenvalue weighted by atomic mass is 10.1. The first-order valence-corrected chi connectivity index (χ1v) is 7.35. The monoisotopic (exact) mass is 355 g/mol. The number of carboxylic acid groups (broad SMARTS) is 1. The Morgan fingerprint density at radius 1 is 1.43 bits per heavy atom. The van der Waals surface area contributed by atoms with Crippen molar-refractivity contribution in [3.63, 3.8) is 0 Å². The third-order valence-electron chi connectivity index (χ3n) is 3.10. The minimum Gasteiger partial charge on any atom is -0.481 e. The Morgan fingerprint density at radius 2 is 2.19 bits per heavy atom. The van der Waals surface area contributed by atoms with Crippen molar-refractivity contribution in [1.82, 2.24) is 15.0 Å². The van der Waals surface area contributed by atoms with E-state index in [-0.39, 0.29) is 12.2 Å². The summed E-state index contributed by atoms with van der Waals surface area (Å²) in [4.78, 5) is 10.4. The Morgan fingerprint density at radius 3 is 2.90 bits per heavy atom. The van der Waals surface area contributed by atoms with Crippen molar-refractivity contribution in [1.29, 1.82) is 0 Å². The van der Waals surface area contributed by atoms with Gasteiger partial charge >= 0.3 is 5.97 Å². The number of carboxylic acids is 1. The maximum Gasteiger partial charge on any atom is 0.303 e. The van der Waals surface area contributed by atoms with E-state index in [4.69, 9.17) is 5.11 Å². The van der Waals surface area contributed by atoms with Crippen LogP contribution in [0, 0.1) is 12.7 Å². The summed E-state index contributed by atoms with van der Waals surface area (Å²) in [5, 5.41) is 16.7. The van der Waals surface area contributed by atoms with Crippen LogP contribution in [0.4, 0.5) is 4.39 Å². The van der Waals surface area contributed by atoms with Crippen LogP contribution in [0.1, 0.15) is 30.5 Å². The summed E-state index contributed by atoms with van der Waals surface area (Å²) in [6.07, 6.45) is 3.99. The Balaban J connectivity index is 2.06. The molecule has 7 heteroatoms. The standard InChI is InChI=1S/C14H15BrFN3O2/c1-9-6-12(16)11(15)7-13(9)19-8-10(17-18-19)4-2-3-5-14(20)21/h6-8H,2-5H2,1H3,(H,20,21). The van der Waals surface area contributed by atoms with E-state index in [0.29, 0.717) is 17.3 Å². The smallest absolute Gasteiger partial charge is 0.303 e. The molecular formula is C14H15BrFN3O2. The minimum atomic E-state index is -0.787. The molecule has 1 N–H and O–H groups in total. The summed E-state index contributed by atoms with van der Waals surface area (Å²) >= 11 is 3.16. The molecule has 0 atom stereocenters. The molecule has 0 radical (unpaired) electrons. The summed E-state index contributed by atoms with van der Waals surface area (Å²) in [7, 11) is 0. The molecule has 2 rings (SSSR count). The Labute approximate surface area is 129 Å². The summed E-state index contributed by atoms with van der Waals surface area (Å²) in [5.74, 6) is -1.10. The van der Waals surface area contributed by atoms with Gasteiger partial charge in [0, 0.05) is 6.42 Å². The fourth-order valence-corrected chi connectivity index (χ4v) is 2.33. The molecule has 2 aromatic rings. The molecule has 0 aliphatic rings. The first-order chi connectivity index (χ1) is 9.97. The van der Waals surface area contributed by atoms with Gasteiger partial charge in [0.1, 0.15) is 5.82 Å². The van der Waals surface area contributed by atoms with Gasteiger partial charge in [0.2, 0.25) is 0 Å². The number of rotatable bonds is 6. The quantitative estimate of drug-likeness (QED) is 0.807. The van der Waals surface area contributed by atoms with E-state index in [0.717, 1.165) is 23.4 Å². The van der Waals surface area contributed by atoms with Crippen molar-refractivity contribution in [2.24, 2.45) is 0 Å². The molecule has 0 fully saturated rings. The number of aliphatic carboxylic acids is 1. The molecule has 5 nitrogen and oxygen atoms in total. The molecule has 1 aromatic heterocycles. The number of carbonyl (C=O) groups is 1. The number of aryl methyl sites for hydroxylation is 2. The second kappa shape index (κ2) is 6.80. The molecule has 21 heavy (non-hydrogen) atoms. The number of benzene rings is 1. The van der Waals surface area contributed by atoms with Crippen molar-refractivity contribution in [3.8, 4) is 5.69 Å². The largest absolute Gasteiger partial charge is 0.481 e. The zero-order valence-corrected chi connectivity index (χ0v) is 13.1. The van der Waals surface area contributed by atoms with Gasteiger partial charge in [-0.2, -0.15) is 0 Å². The van der Waals surface area contributed by atoms with Crippen LogP contribution >= 0.6 is 15.9 Å². The highest BCUT2D eigenvalue weighted by atomic mass is 79.9. The first kappa shape index (κ1) is 15.6. The summed E-state index contributed by atoms with van der Waals surface area (Å²) in [5.41, 5.74) is 2.31. The van der Waals surface area contributed by atoms with Gasteiger partial charge in [0.05, 0.1) is 22.1 Å². The number of unbranched alkanes of at least 4 members (excludes halogenated alkanes) is 1. The molecule has 0 saturated heterocycles. The summed E-state index contributed by atoms with van der Waals surface area (Å²) in [6.45, 7) is 1.80. The van der Waals surface area contributed by atoms with E-state index in [1.807, 2.05) is 0 Å². The van der Waals surface area contributed by atoms with E-state index in [1.165, 1.54) is 6.07 Å². The molecular weight excluding hydrogens is 341 g/mol. The van der Waals surface area contributed by atoms with Gasteiger partial charge in [-0.05, 0) is 59.8 Å². The molecule has 0 bridgehead atoms. The van der Waals surface area contributed by atoms with E-state index in [2.05, 4.69) is 26.2 Å². The zero-order valence-electron chi connectivity index (χ0n) is 11.5. The van der Waals surface area contributed by atoms with Crippen LogP contribution in [-0.4, -0.2) is 26.1 Å². The molecule has 1 heterocycles. The number of aromatic nitrogens is 3. The summed E-state index contributed by atoms with van der Waals surface area (Å²) in [6, 6.07) is 3.10. The fraction of sp³-hybridized carbons (Fsp3) is 0.357. The Bertz CT molecular complexity index is 658. The number of halogens is 2. The van der Waals surface area contributed by atoms with Gasteiger partial charge < -0.3 is 5.11 Å². The summed E-state index contributed by atoms with van der Waals surface area (Å²) < 4.78 is 15.4. The lowest BCUT2D eigenvalue weighted by Crippen LogP contribution is -1.99. The van der Waals surface area contributed by atoms with Gasteiger partial charge in [0.15, 0.2) is 0 Å². The normalized spacial score (nSPS) is 10.8.